The Balaban J connectivity index is 1.60. The van der Waals surface area contributed by atoms with Crippen LogP contribution in [0.1, 0.15) is 56.7 Å². The largest absolute Gasteiger partial charge is 0.394 e. The van der Waals surface area contributed by atoms with Crippen LogP contribution >= 0.6 is 0 Å². The van der Waals surface area contributed by atoms with Gasteiger partial charge in [0.1, 0.15) is 11.8 Å². The van der Waals surface area contributed by atoms with E-state index in [9.17, 15) is 19.8 Å². The van der Waals surface area contributed by atoms with E-state index in [1.807, 2.05) is 34.3 Å². The van der Waals surface area contributed by atoms with Crippen molar-refractivity contribution < 1.29 is 24.9 Å². The number of aryl methyl sites for hydroxylation is 1. The fraction of sp³-hybridized carbons (Fsp3) is 0.407. The third-order valence-electron chi connectivity index (χ3n) is 5.93. The summed E-state index contributed by atoms with van der Waals surface area (Å²) >= 11 is 0. The smallest absolute Gasteiger partial charge is 0.258 e. The van der Waals surface area contributed by atoms with Gasteiger partial charge in [-0.05, 0) is 61.1 Å². The fourth-order valence-electron chi connectivity index (χ4n) is 3.78. The number of pyridine rings is 1. The van der Waals surface area contributed by atoms with Gasteiger partial charge in [-0.2, -0.15) is 5.10 Å². The first-order valence-corrected chi connectivity index (χ1v) is 12.2. The Morgan fingerprint density at radius 2 is 1.75 bits per heavy atom. The molecule has 2 aromatic heterocycles. The van der Waals surface area contributed by atoms with Gasteiger partial charge in [-0.15, -0.1) is 0 Å². The minimum atomic E-state index is -1.85. The van der Waals surface area contributed by atoms with Crippen LogP contribution in [0.25, 0.3) is 17.1 Å². The predicted molar refractivity (Wildman–Crippen MR) is 135 cm³/mol. The van der Waals surface area contributed by atoms with E-state index in [4.69, 9.17) is 10.2 Å². The number of hydrogen-bond acceptors (Lipinski definition) is 7. The van der Waals surface area contributed by atoms with E-state index in [2.05, 4.69) is 43.1 Å². The Hall–Kier alpha value is -3.40. The van der Waals surface area contributed by atoms with Crippen LogP contribution < -0.4 is 5.32 Å². The Bertz CT molecular complexity index is 1130. The number of imide groups is 1. The van der Waals surface area contributed by atoms with Gasteiger partial charge in [-0.25, -0.2) is 4.68 Å². The number of nitrogens with zero attached hydrogens (tertiary/aromatic N) is 3. The highest BCUT2D eigenvalue weighted by molar-refractivity contribution is 5.97. The van der Waals surface area contributed by atoms with Crippen LogP contribution in [0.4, 0.5) is 0 Å². The van der Waals surface area contributed by atoms with Crippen LogP contribution in [0, 0.1) is 0 Å². The van der Waals surface area contributed by atoms with Gasteiger partial charge in [0.05, 0.1) is 18.0 Å². The van der Waals surface area contributed by atoms with Crippen LogP contribution in [-0.4, -0.2) is 60.7 Å². The first-order chi connectivity index (χ1) is 17.3. The molecule has 0 saturated heterocycles. The van der Waals surface area contributed by atoms with Crippen molar-refractivity contribution >= 4 is 11.8 Å². The normalized spacial score (nSPS) is 12.9. The lowest BCUT2D eigenvalue weighted by atomic mass is 10.0. The van der Waals surface area contributed by atoms with Crippen LogP contribution in [-0.2, 0) is 16.0 Å². The van der Waals surface area contributed by atoms with Crippen LogP contribution in [0.2, 0.25) is 0 Å². The van der Waals surface area contributed by atoms with Gasteiger partial charge < -0.3 is 15.3 Å². The number of aromatic nitrogens is 3. The molecule has 0 radical (unpaired) electrons. The van der Waals surface area contributed by atoms with E-state index < -0.39 is 30.6 Å². The maximum absolute atomic E-state index is 12.0. The number of carbonyl (C=O) groups excluding carboxylic acids is 2. The summed E-state index contributed by atoms with van der Waals surface area (Å²) in [6.45, 7) is 3.54. The van der Waals surface area contributed by atoms with Crippen LogP contribution in [0.15, 0.2) is 54.7 Å². The molecule has 0 aliphatic heterocycles. The molecule has 192 valence electrons. The predicted octanol–water partition coefficient (Wildman–Crippen LogP) is 2.52. The van der Waals surface area contributed by atoms with Gasteiger partial charge in [0.15, 0.2) is 6.10 Å². The fourth-order valence-corrected chi connectivity index (χ4v) is 3.78. The zero-order valence-corrected chi connectivity index (χ0v) is 20.7. The molecule has 3 rings (SSSR count). The zero-order chi connectivity index (χ0) is 26.1. The lowest BCUT2D eigenvalue weighted by molar-refractivity contribution is -0.141. The molecule has 0 spiro atoms. The average molecular weight is 495 g/mol. The van der Waals surface area contributed by atoms with Crippen molar-refractivity contribution in [3.63, 3.8) is 0 Å². The lowest BCUT2D eigenvalue weighted by Gasteiger charge is -2.14. The Labute approximate surface area is 210 Å². The van der Waals surface area contributed by atoms with E-state index in [0.29, 0.717) is 12.3 Å². The van der Waals surface area contributed by atoms with Crippen LogP contribution in [0.5, 0.6) is 0 Å². The molecule has 1 aromatic carbocycles. The molecule has 0 bridgehead atoms. The number of aliphatic hydroxyl groups excluding tert-OH is 3. The van der Waals surface area contributed by atoms with E-state index in [-0.39, 0.29) is 6.42 Å². The van der Waals surface area contributed by atoms with Gasteiger partial charge in [0.25, 0.3) is 5.91 Å². The molecule has 0 aliphatic carbocycles. The van der Waals surface area contributed by atoms with Crippen molar-refractivity contribution in [2.45, 2.75) is 64.1 Å². The number of amides is 2. The molecular formula is C27H34N4O5. The standard InChI is InChI=1S/C27H34N4O5/c1-18(2)19-11-13-20(14-12-19)31-21(16-23(30-31)22-9-6-7-15-28-22)8-4-3-5-10-25(34)29-27(36)26(35)24(33)17-32/h6-7,9,11-16,18,24,26,32-33,35H,3-5,8,10,17H2,1-2H3,(H,29,34,36)/t24-,26+/m1/s1. The molecule has 0 fully saturated rings. The molecular weight excluding hydrogens is 460 g/mol. The number of aliphatic hydroxyl groups is 3. The summed E-state index contributed by atoms with van der Waals surface area (Å²) in [5.74, 6) is -1.11. The summed E-state index contributed by atoms with van der Waals surface area (Å²) < 4.78 is 1.94. The van der Waals surface area contributed by atoms with Gasteiger partial charge in [0.2, 0.25) is 5.91 Å². The maximum atomic E-state index is 12.0. The highest BCUT2D eigenvalue weighted by Gasteiger charge is 2.24. The molecule has 0 aliphatic rings. The Kier molecular flexibility index (Phi) is 9.86. The van der Waals surface area contributed by atoms with Crippen molar-refractivity contribution in [2.75, 3.05) is 6.61 Å². The molecule has 4 N–H and O–H groups in total. The van der Waals surface area contributed by atoms with Crippen molar-refractivity contribution in [1.29, 1.82) is 0 Å². The van der Waals surface area contributed by atoms with Gasteiger partial charge in [0, 0.05) is 18.3 Å². The summed E-state index contributed by atoms with van der Waals surface area (Å²) in [4.78, 5) is 28.1. The monoisotopic (exact) mass is 494 g/mol. The quantitative estimate of drug-likeness (QED) is 0.284. The first-order valence-electron chi connectivity index (χ1n) is 12.2. The van der Waals surface area contributed by atoms with Gasteiger partial charge in [-0.1, -0.05) is 38.5 Å². The Morgan fingerprint density at radius 1 is 1.00 bits per heavy atom. The second kappa shape index (κ2) is 13.1. The van der Waals surface area contributed by atoms with Crippen molar-refractivity contribution in [3.05, 3.63) is 66.0 Å². The summed E-state index contributed by atoms with van der Waals surface area (Å²) in [5, 5.41) is 34.5. The summed E-state index contributed by atoms with van der Waals surface area (Å²) in [7, 11) is 0. The van der Waals surface area contributed by atoms with E-state index in [0.717, 1.165) is 42.0 Å². The molecule has 0 unspecified atom stereocenters. The second-order valence-corrected chi connectivity index (χ2v) is 9.06. The molecule has 0 saturated carbocycles. The number of benzene rings is 1. The third kappa shape index (κ3) is 7.30. The number of rotatable bonds is 12. The summed E-state index contributed by atoms with van der Waals surface area (Å²) in [6.07, 6.45) is 1.25. The number of carbonyl (C=O) groups is 2. The van der Waals surface area contributed by atoms with Crippen molar-refractivity contribution in [1.82, 2.24) is 20.1 Å². The summed E-state index contributed by atoms with van der Waals surface area (Å²) in [5.41, 5.74) is 4.85. The maximum Gasteiger partial charge on any atom is 0.258 e. The molecule has 9 nitrogen and oxygen atoms in total. The lowest BCUT2D eigenvalue weighted by Crippen LogP contribution is -2.45. The minimum absolute atomic E-state index is 0.114. The highest BCUT2D eigenvalue weighted by Crippen LogP contribution is 2.23. The molecule has 3 aromatic rings. The van der Waals surface area contributed by atoms with Crippen molar-refractivity contribution in [3.8, 4) is 17.1 Å². The average Bonchev–Trinajstić information content (AvgIpc) is 3.32. The SMILES string of the molecule is CC(C)c1ccc(-n2nc(-c3ccccn3)cc2CCCCCC(=O)NC(=O)[C@@H](O)[C@H](O)CO)cc1. The topological polar surface area (TPSA) is 138 Å². The van der Waals surface area contributed by atoms with E-state index in [1.165, 1.54) is 5.56 Å². The Morgan fingerprint density at radius 3 is 2.39 bits per heavy atom. The molecule has 2 heterocycles. The van der Waals surface area contributed by atoms with Crippen molar-refractivity contribution in [2.24, 2.45) is 0 Å². The molecule has 2 amide bonds. The highest BCUT2D eigenvalue weighted by atomic mass is 16.4. The van der Waals surface area contributed by atoms with E-state index >= 15 is 0 Å². The number of nitrogens with one attached hydrogen (secondary N) is 1. The molecule has 9 heteroatoms. The molecule has 2 atom stereocenters. The number of hydrogen-bond donors (Lipinski definition) is 4. The van der Waals surface area contributed by atoms with Gasteiger partial charge >= 0.3 is 0 Å². The van der Waals surface area contributed by atoms with Crippen LogP contribution in [0.3, 0.4) is 0 Å². The van der Waals surface area contributed by atoms with E-state index in [1.54, 1.807) is 6.20 Å². The number of unbranched alkanes of at least 4 members (excludes halogenated alkanes) is 2. The molecule has 36 heavy (non-hydrogen) atoms. The third-order valence-corrected chi connectivity index (χ3v) is 5.93. The summed E-state index contributed by atoms with van der Waals surface area (Å²) in [6, 6.07) is 16.1. The first kappa shape index (κ1) is 27.2. The minimum Gasteiger partial charge on any atom is -0.394 e. The second-order valence-electron chi connectivity index (χ2n) is 9.06. The van der Waals surface area contributed by atoms with Gasteiger partial charge in [-0.3, -0.25) is 19.9 Å². The zero-order valence-electron chi connectivity index (χ0n) is 20.7.